The number of carbonyl (C=O) groups is 3. The van der Waals surface area contributed by atoms with Crippen LogP contribution in [0.2, 0.25) is 0 Å². The number of hydrogen-bond acceptors (Lipinski definition) is 3. The Morgan fingerprint density at radius 2 is 1.82 bits per heavy atom. The van der Waals surface area contributed by atoms with E-state index < -0.39 is 23.3 Å². The molecule has 2 atom stereocenters. The summed E-state index contributed by atoms with van der Waals surface area (Å²) in [5, 5.41) is 5.54. The van der Waals surface area contributed by atoms with Gasteiger partial charge in [0.1, 0.15) is 17.9 Å². The van der Waals surface area contributed by atoms with E-state index in [0.717, 1.165) is 24.2 Å². The highest BCUT2D eigenvalue weighted by Gasteiger charge is 2.51. The Bertz CT molecular complexity index is 720. The van der Waals surface area contributed by atoms with Crippen LogP contribution < -0.4 is 10.6 Å². The van der Waals surface area contributed by atoms with Crippen LogP contribution in [-0.2, 0) is 15.1 Å². The van der Waals surface area contributed by atoms with Crippen molar-refractivity contribution in [2.45, 2.75) is 65.0 Å². The number of rotatable bonds is 9. The van der Waals surface area contributed by atoms with Gasteiger partial charge in [-0.3, -0.25) is 14.5 Å². The molecule has 2 rings (SSSR count). The monoisotopic (exact) mass is 391 g/mol. The van der Waals surface area contributed by atoms with Crippen LogP contribution in [-0.4, -0.2) is 35.3 Å². The molecule has 0 saturated carbocycles. The minimum absolute atomic E-state index is 0.0277. The van der Waals surface area contributed by atoms with Gasteiger partial charge >= 0.3 is 6.03 Å². The predicted octanol–water partition coefficient (Wildman–Crippen LogP) is 3.31. The van der Waals surface area contributed by atoms with E-state index in [4.69, 9.17) is 0 Å². The van der Waals surface area contributed by atoms with Crippen LogP contribution >= 0.6 is 0 Å². The van der Waals surface area contributed by atoms with E-state index in [1.165, 1.54) is 24.3 Å². The molecule has 1 aliphatic rings. The summed E-state index contributed by atoms with van der Waals surface area (Å²) in [5.74, 6) is -0.669. The Kier molecular flexibility index (Phi) is 7.16. The maximum Gasteiger partial charge on any atom is 0.325 e. The zero-order chi connectivity index (χ0) is 20.9. The van der Waals surface area contributed by atoms with E-state index in [-0.39, 0.29) is 18.5 Å². The molecule has 0 aliphatic carbocycles. The van der Waals surface area contributed by atoms with Crippen molar-refractivity contribution < 1.29 is 18.8 Å². The van der Waals surface area contributed by atoms with Gasteiger partial charge in [-0.25, -0.2) is 9.18 Å². The standard InChI is InChI=1S/C21H30FN3O3/c1-5-21(16-9-11-17(22)12-10-16)19(27)25(20(28)24-21)13-18(26)23-15(4)8-6-7-14(2)3/h9-12,14-15H,5-8,13H2,1-4H3,(H,23,26)(H,24,28)/t15-,21+/m1/s1. The van der Waals surface area contributed by atoms with E-state index >= 15 is 0 Å². The number of nitrogens with one attached hydrogen (secondary N) is 2. The number of imide groups is 1. The molecule has 0 aromatic heterocycles. The summed E-state index contributed by atoms with van der Waals surface area (Å²) < 4.78 is 13.2. The van der Waals surface area contributed by atoms with E-state index in [2.05, 4.69) is 24.5 Å². The molecule has 0 unspecified atom stereocenters. The Morgan fingerprint density at radius 3 is 2.39 bits per heavy atom. The maximum absolute atomic E-state index is 13.2. The average molecular weight is 391 g/mol. The number of carbonyl (C=O) groups excluding carboxylic acids is 3. The molecule has 0 spiro atoms. The van der Waals surface area contributed by atoms with E-state index in [0.29, 0.717) is 17.9 Å². The van der Waals surface area contributed by atoms with Crippen LogP contribution in [0, 0.1) is 11.7 Å². The molecular formula is C21H30FN3O3. The molecule has 0 bridgehead atoms. The summed E-state index contributed by atoms with van der Waals surface area (Å²) in [7, 11) is 0. The molecule has 1 aromatic rings. The Morgan fingerprint density at radius 1 is 1.18 bits per heavy atom. The topological polar surface area (TPSA) is 78.5 Å². The third-order valence-corrected chi connectivity index (χ3v) is 5.17. The molecule has 2 N–H and O–H groups in total. The second-order valence-corrected chi connectivity index (χ2v) is 7.88. The van der Waals surface area contributed by atoms with Crippen LogP contribution in [0.1, 0.15) is 58.9 Å². The predicted molar refractivity (Wildman–Crippen MR) is 105 cm³/mol. The zero-order valence-electron chi connectivity index (χ0n) is 17.0. The Labute approximate surface area is 165 Å². The summed E-state index contributed by atoms with van der Waals surface area (Å²) in [6.07, 6.45) is 3.24. The van der Waals surface area contributed by atoms with Gasteiger partial charge in [-0.1, -0.05) is 45.7 Å². The van der Waals surface area contributed by atoms with Gasteiger partial charge in [0.15, 0.2) is 0 Å². The largest absolute Gasteiger partial charge is 0.352 e. The quantitative estimate of drug-likeness (QED) is 0.634. The highest BCUT2D eigenvalue weighted by molar-refractivity contribution is 6.09. The fourth-order valence-corrected chi connectivity index (χ4v) is 3.51. The van der Waals surface area contributed by atoms with Gasteiger partial charge < -0.3 is 10.6 Å². The van der Waals surface area contributed by atoms with Gasteiger partial charge in [-0.2, -0.15) is 0 Å². The van der Waals surface area contributed by atoms with Crippen molar-refractivity contribution in [3.05, 3.63) is 35.6 Å². The smallest absolute Gasteiger partial charge is 0.325 e. The third kappa shape index (κ3) is 4.88. The molecular weight excluding hydrogens is 361 g/mol. The van der Waals surface area contributed by atoms with Crippen molar-refractivity contribution in [1.82, 2.24) is 15.5 Å². The van der Waals surface area contributed by atoms with Crippen LogP contribution in [0.3, 0.4) is 0 Å². The van der Waals surface area contributed by atoms with Gasteiger partial charge in [0.2, 0.25) is 5.91 Å². The molecule has 1 aromatic carbocycles. The summed E-state index contributed by atoms with van der Waals surface area (Å²) in [6.45, 7) is 7.66. The molecule has 0 radical (unpaired) electrons. The van der Waals surface area contributed by atoms with Crippen molar-refractivity contribution >= 4 is 17.8 Å². The highest BCUT2D eigenvalue weighted by atomic mass is 19.1. The number of urea groups is 1. The Balaban J connectivity index is 2.02. The molecule has 1 saturated heterocycles. The minimum Gasteiger partial charge on any atom is -0.352 e. The molecule has 6 nitrogen and oxygen atoms in total. The number of benzene rings is 1. The van der Waals surface area contributed by atoms with Crippen LogP contribution in [0.25, 0.3) is 0 Å². The summed E-state index contributed by atoms with van der Waals surface area (Å²) in [5.41, 5.74) is -0.770. The van der Waals surface area contributed by atoms with Crippen LogP contribution in [0.4, 0.5) is 9.18 Å². The molecule has 154 valence electrons. The van der Waals surface area contributed by atoms with Gasteiger partial charge in [0, 0.05) is 6.04 Å². The first-order valence-corrected chi connectivity index (χ1v) is 9.89. The summed E-state index contributed by atoms with van der Waals surface area (Å²) in [4.78, 5) is 38.7. The number of hydrogen-bond donors (Lipinski definition) is 2. The van der Waals surface area contributed by atoms with Crippen molar-refractivity contribution in [3.63, 3.8) is 0 Å². The lowest BCUT2D eigenvalue weighted by Gasteiger charge is -2.25. The minimum atomic E-state index is -1.27. The second kappa shape index (κ2) is 9.17. The first kappa shape index (κ1) is 21.9. The number of halogens is 1. The fraction of sp³-hybridized carbons (Fsp3) is 0.571. The molecule has 4 amide bonds. The van der Waals surface area contributed by atoms with Crippen molar-refractivity contribution in [2.24, 2.45) is 5.92 Å². The molecule has 1 fully saturated rings. The highest BCUT2D eigenvalue weighted by Crippen LogP contribution is 2.32. The fourth-order valence-electron chi connectivity index (χ4n) is 3.51. The first-order chi connectivity index (χ1) is 13.2. The molecule has 1 aliphatic heterocycles. The SMILES string of the molecule is CC[C@@]1(c2ccc(F)cc2)NC(=O)N(CC(=O)N[C@H](C)CCCC(C)C)C1=O. The number of amides is 4. The van der Waals surface area contributed by atoms with Gasteiger partial charge in [0.25, 0.3) is 5.91 Å². The molecule has 7 heteroatoms. The van der Waals surface area contributed by atoms with Crippen molar-refractivity contribution in [3.8, 4) is 0 Å². The van der Waals surface area contributed by atoms with E-state index in [9.17, 15) is 18.8 Å². The molecule has 28 heavy (non-hydrogen) atoms. The normalized spacial score (nSPS) is 20.4. The first-order valence-electron chi connectivity index (χ1n) is 9.89. The van der Waals surface area contributed by atoms with Crippen LogP contribution in [0.15, 0.2) is 24.3 Å². The van der Waals surface area contributed by atoms with Gasteiger partial charge in [-0.15, -0.1) is 0 Å². The summed E-state index contributed by atoms with van der Waals surface area (Å²) >= 11 is 0. The van der Waals surface area contributed by atoms with Gasteiger partial charge in [-0.05, 0) is 43.4 Å². The van der Waals surface area contributed by atoms with E-state index in [1.807, 2.05) is 6.92 Å². The third-order valence-electron chi connectivity index (χ3n) is 5.17. The molecule has 1 heterocycles. The lowest BCUT2D eigenvalue weighted by molar-refractivity contribution is -0.135. The number of nitrogens with zero attached hydrogens (tertiary/aromatic N) is 1. The van der Waals surface area contributed by atoms with Gasteiger partial charge in [0.05, 0.1) is 0 Å². The Hall–Kier alpha value is -2.44. The lowest BCUT2D eigenvalue weighted by Crippen LogP contribution is -2.45. The van der Waals surface area contributed by atoms with Crippen molar-refractivity contribution in [2.75, 3.05) is 6.54 Å². The second-order valence-electron chi connectivity index (χ2n) is 7.88. The summed E-state index contributed by atoms with van der Waals surface area (Å²) in [6, 6.07) is 4.83. The van der Waals surface area contributed by atoms with Crippen LogP contribution in [0.5, 0.6) is 0 Å². The lowest BCUT2D eigenvalue weighted by atomic mass is 9.87. The average Bonchev–Trinajstić information content (AvgIpc) is 2.87. The maximum atomic E-state index is 13.2. The zero-order valence-corrected chi connectivity index (χ0v) is 17.0. The van der Waals surface area contributed by atoms with Crippen molar-refractivity contribution in [1.29, 1.82) is 0 Å². The van der Waals surface area contributed by atoms with E-state index in [1.54, 1.807) is 6.92 Å².